The number of halogens is 3. The van der Waals surface area contributed by atoms with Gasteiger partial charge in [-0.25, -0.2) is 9.97 Å². The minimum Gasteiger partial charge on any atom is -0.310 e. The Morgan fingerprint density at radius 1 is 1.16 bits per heavy atom. The predicted octanol–water partition coefficient (Wildman–Crippen LogP) is 5.06. The maximum atomic E-state index is 12.6. The van der Waals surface area contributed by atoms with Crippen LogP contribution in [-0.4, -0.2) is 30.8 Å². The smallest absolute Gasteiger partial charge is 0.310 e. The quantitative estimate of drug-likeness (QED) is 0.588. The van der Waals surface area contributed by atoms with E-state index in [0.717, 1.165) is 16.2 Å². The van der Waals surface area contributed by atoms with Gasteiger partial charge in [0.25, 0.3) is 0 Å². The number of aryl methyl sites for hydroxylation is 2. The summed E-state index contributed by atoms with van der Waals surface area (Å²) in [5, 5.41) is 0. The van der Waals surface area contributed by atoms with E-state index in [1.165, 1.54) is 12.3 Å². The summed E-state index contributed by atoms with van der Waals surface area (Å²) < 4.78 is 39.4. The van der Waals surface area contributed by atoms with Crippen LogP contribution >= 0.6 is 23.5 Å². The third-order valence-electron chi connectivity index (χ3n) is 3.42. The third kappa shape index (κ3) is 3.92. The number of nitrogens with zero attached hydrogens (tertiary/aromatic N) is 4. The molecule has 0 saturated carbocycles. The van der Waals surface area contributed by atoms with Gasteiger partial charge < -0.3 is 4.57 Å². The molecule has 0 spiro atoms. The Balaban J connectivity index is 2.10. The number of alkyl halides is 3. The largest absolute Gasteiger partial charge is 0.446 e. The molecule has 4 nitrogen and oxygen atoms in total. The second kappa shape index (κ2) is 6.87. The van der Waals surface area contributed by atoms with E-state index in [-0.39, 0.29) is 16.7 Å². The zero-order valence-corrected chi connectivity index (χ0v) is 15.4. The van der Waals surface area contributed by atoms with Crippen molar-refractivity contribution in [1.82, 2.24) is 19.5 Å². The van der Waals surface area contributed by atoms with Crippen LogP contribution in [0.2, 0.25) is 0 Å². The molecule has 0 bridgehead atoms. The Morgan fingerprint density at radius 2 is 1.92 bits per heavy atom. The molecule has 3 rings (SSSR count). The third-order valence-corrected chi connectivity index (χ3v) is 5.02. The maximum Gasteiger partial charge on any atom is 0.446 e. The summed E-state index contributed by atoms with van der Waals surface area (Å²) in [5.41, 5.74) is -1.66. The van der Waals surface area contributed by atoms with E-state index in [0.29, 0.717) is 22.7 Å². The second-order valence-corrected chi connectivity index (χ2v) is 7.79. The van der Waals surface area contributed by atoms with E-state index in [4.69, 9.17) is 0 Å². The summed E-state index contributed by atoms with van der Waals surface area (Å²) in [4.78, 5) is 14.1. The van der Waals surface area contributed by atoms with Crippen LogP contribution in [0.25, 0.3) is 22.7 Å². The molecule has 0 aliphatic carbocycles. The Bertz CT molecular complexity index is 922. The Hall–Kier alpha value is -1.74. The van der Waals surface area contributed by atoms with E-state index in [2.05, 4.69) is 15.0 Å². The van der Waals surface area contributed by atoms with Gasteiger partial charge >= 0.3 is 5.51 Å². The van der Waals surface area contributed by atoms with Gasteiger partial charge in [-0.3, -0.25) is 4.98 Å². The minimum atomic E-state index is -4.35. The Morgan fingerprint density at radius 3 is 2.60 bits per heavy atom. The first-order valence-corrected chi connectivity index (χ1v) is 9.26. The molecule has 0 N–H and O–H groups in total. The van der Waals surface area contributed by atoms with Gasteiger partial charge in [0.05, 0.1) is 0 Å². The topological polar surface area (TPSA) is 43.6 Å². The fraction of sp³-hybridized carbons (Fsp3) is 0.312. The van der Waals surface area contributed by atoms with Crippen LogP contribution in [0, 0.1) is 6.92 Å². The lowest BCUT2D eigenvalue weighted by molar-refractivity contribution is -0.0328. The molecule has 0 aromatic carbocycles. The molecule has 132 valence electrons. The molecule has 0 aliphatic heterocycles. The molecule has 9 heteroatoms. The van der Waals surface area contributed by atoms with Gasteiger partial charge in [0.15, 0.2) is 11.5 Å². The fourth-order valence-corrected chi connectivity index (χ4v) is 3.84. The predicted molar refractivity (Wildman–Crippen MR) is 94.8 cm³/mol. The molecule has 3 aromatic rings. The van der Waals surface area contributed by atoms with Crippen molar-refractivity contribution in [2.24, 2.45) is 7.05 Å². The van der Waals surface area contributed by atoms with Gasteiger partial charge in [0.1, 0.15) is 11.2 Å². The molecule has 0 atom stereocenters. The van der Waals surface area contributed by atoms with Crippen molar-refractivity contribution in [3.8, 4) is 11.5 Å². The van der Waals surface area contributed by atoms with Crippen LogP contribution in [0.5, 0.6) is 0 Å². The van der Waals surface area contributed by atoms with E-state index >= 15 is 0 Å². The van der Waals surface area contributed by atoms with Crippen LogP contribution in [0.3, 0.4) is 0 Å². The molecule has 0 saturated heterocycles. The van der Waals surface area contributed by atoms with Crippen LogP contribution in [0.1, 0.15) is 12.5 Å². The molecule has 3 heterocycles. The number of rotatable bonds is 4. The lowest BCUT2D eigenvalue weighted by atomic mass is 10.2. The van der Waals surface area contributed by atoms with Crippen molar-refractivity contribution in [3.05, 3.63) is 30.1 Å². The average molecular weight is 384 g/mol. The first-order chi connectivity index (χ1) is 11.8. The van der Waals surface area contributed by atoms with Crippen molar-refractivity contribution in [2.75, 3.05) is 5.75 Å². The lowest BCUT2D eigenvalue weighted by Crippen LogP contribution is -1.99. The van der Waals surface area contributed by atoms with Gasteiger partial charge in [-0.1, -0.05) is 6.92 Å². The first kappa shape index (κ1) is 18.1. The SMILES string of the molecule is CCSc1cc(C)cnc1-c1nc2cc(SC(F)(F)F)cnc2n1C. The van der Waals surface area contributed by atoms with Crippen LogP contribution in [0.15, 0.2) is 34.3 Å². The number of pyridine rings is 2. The lowest BCUT2D eigenvalue weighted by Gasteiger charge is -2.08. The van der Waals surface area contributed by atoms with Crippen LogP contribution in [0.4, 0.5) is 13.2 Å². The van der Waals surface area contributed by atoms with Gasteiger partial charge in [-0.2, -0.15) is 13.2 Å². The molecule has 0 unspecified atom stereocenters. The number of thioether (sulfide) groups is 2. The Labute approximate surface area is 151 Å². The van der Waals surface area contributed by atoms with E-state index in [1.54, 1.807) is 29.6 Å². The van der Waals surface area contributed by atoms with Crippen molar-refractivity contribution in [1.29, 1.82) is 0 Å². The summed E-state index contributed by atoms with van der Waals surface area (Å²) in [5.74, 6) is 1.47. The molecule has 0 amide bonds. The highest BCUT2D eigenvalue weighted by Gasteiger charge is 2.29. The van der Waals surface area contributed by atoms with Crippen molar-refractivity contribution < 1.29 is 13.2 Å². The number of fused-ring (bicyclic) bond motifs is 1. The van der Waals surface area contributed by atoms with Crippen molar-refractivity contribution >= 4 is 34.7 Å². The molecule has 0 aliphatic rings. The monoisotopic (exact) mass is 384 g/mol. The molecule has 3 aromatic heterocycles. The summed E-state index contributed by atoms with van der Waals surface area (Å²) >= 11 is 1.46. The standard InChI is InChI=1S/C16H15F3N4S2/c1-4-24-12-5-9(2)7-20-13(12)15-22-11-6-10(25-16(17,18)19)8-21-14(11)23(15)3/h5-8H,4H2,1-3H3. The van der Waals surface area contributed by atoms with E-state index in [1.807, 2.05) is 19.9 Å². The van der Waals surface area contributed by atoms with Crippen molar-refractivity contribution in [3.63, 3.8) is 0 Å². The average Bonchev–Trinajstić information content (AvgIpc) is 2.83. The summed E-state index contributed by atoms with van der Waals surface area (Å²) in [6, 6.07) is 3.44. The number of hydrogen-bond acceptors (Lipinski definition) is 5. The zero-order chi connectivity index (χ0) is 18.2. The normalized spacial score (nSPS) is 12.1. The highest BCUT2D eigenvalue weighted by atomic mass is 32.2. The van der Waals surface area contributed by atoms with E-state index < -0.39 is 5.51 Å². The molecule has 0 fully saturated rings. The van der Waals surface area contributed by atoms with Gasteiger partial charge in [0.2, 0.25) is 0 Å². The van der Waals surface area contributed by atoms with Gasteiger partial charge in [0, 0.05) is 29.2 Å². The van der Waals surface area contributed by atoms with Gasteiger partial charge in [-0.15, -0.1) is 11.8 Å². The summed E-state index contributed by atoms with van der Waals surface area (Å²) in [6.45, 7) is 4.02. The second-order valence-electron chi connectivity index (χ2n) is 5.35. The Kier molecular flexibility index (Phi) is 4.97. The van der Waals surface area contributed by atoms with Crippen LogP contribution < -0.4 is 0 Å². The molecular weight excluding hydrogens is 369 g/mol. The highest BCUT2D eigenvalue weighted by molar-refractivity contribution is 8.00. The molecule has 25 heavy (non-hydrogen) atoms. The summed E-state index contributed by atoms with van der Waals surface area (Å²) in [6.07, 6.45) is 2.98. The zero-order valence-electron chi connectivity index (χ0n) is 13.8. The number of imidazole rings is 1. The highest BCUT2D eigenvalue weighted by Crippen LogP contribution is 2.38. The minimum absolute atomic E-state index is 0.0182. The van der Waals surface area contributed by atoms with Gasteiger partial charge in [-0.05, 0) is 42.1 Å². The maximum absolute atomic E-state index is 12.6. The van der Waals surface area contributed by atoms with Crippen LogP contribution in [-0.2, 0) is 7.05 Å². The van der Waals surface area contributed by atoms with E-state index in [9.17, 15) is 13.2 Å². The first-order valence-electron chi connectivity index (χ1n) is 7.46. The number of hydrogen-bond donors (Lipinski definition) is 0. The summed E-state index contributed by atoms with van der Waals surface area (Å²) in [7, 11) is 1.79. The molecule has 0 radical (unpaired) electrons. The fourth-order valence-electron chi connectivity index (χ4n) is 2.43. The van der Waals surface area contributed by atoms with Crippen molar-refractivity contribution in [2.45, 2.75) is 29.1 Å². The number of aromatic nitrogens is 4. The molecular formula is C16H15F3N4S2.